The number of β-lactam (4-membered cyclic amide) rings is 1. The molecule has 3 aromatic rings. The van der Waals surface area contributed by atoms with Crippen LogP contribution in [0, 0.1) is 0 Å². The number of hydroxylamine groups is 2. The summed E-state index contributed by atoms with van der Waals surface area (Å²) < 4.78 is 39.4. The summed E-state index contributed by atoms with van der Waals surface area (Å²) in [6.45, 7) is 3.87. The number of rotatable bonds is 15. The molecule has 20 heteroatoms. The molecule has 2 aromatic heterocycles. The fourth-order valence-corrected chi connectivity index (χ4v) is 5.48. The van der Waals surface area contributed by atoms with Crippen molar-refractivity contribution in [2.45, 2.75) is 44.5 Å². The molecule has 1 fully saturated rings. The van der Waals surface area contributed by atoms with Crippen molar-refractivity contribution in [3.63, 3.8) is 0 Å². The number of nitrogens with one attached hydrogen (secondary N) is 2. The fraction of sp³-hybridized carbons (Fsp3) is 0.385. The molecule has 2 unspecified atom stereocenters. The normalized spacial score (nSPS) is 16.9. The lowest BCUT2D eigenvalue weighted by atomic mass is 9.84. The molecule has 2 atom stereocenters. The maximum atomic E-state index is 13.2. The number of benzene rings is 1. The lowest BCUT2D eigenvalue weighted by Crippen LogP contribution is -2.76. The number of nitrogen functional groups attached to an aromatic ring is 1. The molecule has 0 radical (unpaired) electrons. The van der Waals surface area contributed by atoms with Crippen LogP contribution in [-0.2, 0) is 47.5 Å². The van der Waals surface area contributed by atoms with E-state index in [1.165, 1.54) is 19.2 Å². The first-order valence-electron chi connectivity index (χ1n) is 13.7. The summed E-state index contributed by atoms with van der Waals surface area (Å²) in [6.07, 6.45) is 3.28. The molecule has 18 nitrogen and oxygen atoms in total. The van der Waals surface area contributed by atoms with E-state index in [9.17, 15) is 27.9 Å². The molecule has 0 bridgehead atoms. The van der Waals surface area contributed by atoms with Crippen LogP contribution in [-0.4, -0.2) is 87.1 Å². The second kappa shape index (κ2) is 13.8. The molecule has 0 aliphatic carbocycles. The first-order chi connectivity index (χ1) is 21.6. The molecule has 0 saturated carbocycles. The van der Waals surface area contributed by atoms with E-state index >= 15 is 0 Å². The second-order valence-corrected chi connectivity index (χ2v) is 12.6. The molecule has 2 amide bonds. The number of aromatic nitrogens is 3. The molecule has 0 spiro atoms. The summed E-state index contributed by atoms with van der Waals surface area (Å²) in [7, 11) is -3.07. The Balaban J connectivity index is 1.44. The molecule has 8 N–H and O–H groups in total. The van der Waals surface area contributed by atoms with Crippen LogP contribution >= 0.6 is 11.3 Å². The third-order valence-electron chi connectivity index (χ3n) is 6.97. The van der Waals surface area contributed by atoms with Gasteiger partial charge in [0.05, 0.1) is 30.4 Å². The number of carboxylic acid groups (broad SMARTS) is 1. The third kappa shape index (κ3) is 7.95. The molecule has 3 heterocycles. The number of hydrogen-bond acceptors (Lipinski definition) is 13. The number of hydrogen-bond donors (Lipinski definition) is 6. The monoisotopic (exact) mass is 680 g/mol. The van der Waals surface area contributed by atoms with E-state index in [1.54, 1.807) is 12.1 Å². The molecular formula is C26H34N9O9S2+. The first kappa shape index (κ1) is 34.2. The van der Waals surface area contributed by atoms with Crippen molar-refractivity contribution < 1.29 is 46.3 Å². The van der Waals surface area contributed by atoms with Gasteiger partial charge in [0.1, 0.15) is 11.7 Å². The van der Waals surface area contributed by atoms with Gasteiger partial charge >= 0.3 is 16.4 Å². The topological polar surface area (TPSA) is 258 Å². The molecule has 4 rings (SSSR count). The maximum Gasteiger partial charge on any atom is 0.418 e. The number of anilines is 2. The standard InChI is InChI=1S/C26H33N9O9S2/c1-26(2)21(23(37)35(26)44-46(40,41)42)31-22(36)20(18-14-45-25(28)30-18)32-43-19(24(38)39)11-29-17-7-5-15(6-8-17)16-12-33(3)34(13-16)10-4-9-27/h5-8,12-14,19,21,29H,4,9-11,27H2,1-3H3,(H4-,28,30,31,36,38,39,40,41,42)/p+1. The minimum absolute atomic E-state index is 0.0615. The number of aryl methyl sites for hydroxylation is 2. The van der Waals surface area contributed by atoms with Crippen LogP contribution < -0.4 is 26.8 Å². The minimum Gasteiger partial charge on any atom is -0.478 e. The summed E-state index contributed by atoms with van der Waals surface area (Å²) >= 11 is 0.973. The molecule has 46 heavy (non-hydrogen) atoms. The number of carbonyl (C=O) groups excluding carboxylic acids is 2. The smallest absolute Gasteiger partial charge is 0.418 e. The number of carbonyl (C=O) groups is 3. The van der Waals surface area contributed by atoms with Crippen molar-refractivity contribution in [1.82, 2.24) is 20.0 Å². The van der Waals surface area contributed by atoms with Gasteiger partial charge in [0.25, 0.3) is 11.8 Å². The maximum absolute atomic E-state index is 13.2. The molecule has 1 aliphatic heterocycles. The van der Waals surface area contributed by atoms with Gasteiger partial charge in [-0.25, -0.2) is 9.78 Å². The van der Waals surface area contributed by atoms with Gasteiger partial charge in [0, 0.05) is 11.1 Å². The van der Waals surface area contributed by atoms with Crippen LogP contribution in [0.1, 0.15) is 26.0 Å². The lowest BCUT2D eigenvalue weighted by molar-refractivity contribution is -0.753. The fourth-order valence-electron chi connectivity index (χ4n) is 4.48. The van der Waals surface area contributed by atoms with Crippen LogP contribution in [0.2, 0.25) is 0 Å². The van der Waals surface area contributed by atoms with Gasteiger partial charge in [-0.2, -0.15) is 18.2 Å². The first-order valence-corrected chi connectivity index (χ1v) is 16.0. The Bertz CT molecular complexity index is 1740. The van der Waals surface area contributed by atoms with Crippen LogP contribution in [0.3, 0.4) is 0 Å². The predicted octanol–water partition coefficient (Wildman–Crippen LogP) is -0.507. The Hall–Kier alpha value is -4.63. The quantitative estimate of drug-likeness (QED) is 0.0389. The number of aliphatic carboxylic acids is 1. The van der Waals surface area contributed by atoms with Gasteiger partial charge in [0.2, 0.25) is 12.3 Å². The molecular weight excluding hydrogens is 646 g/mol. The SMILES string of the molecule is C[n+]1cc(-c2ccc(NCC(ON=C(C(=O)NC3C(=O)N(OS(=O)(=O)O)C3(C)C)c3csc(N)n3)C(=O)O)cc2)cn1CCCN. The van der Waals surface area contributed by atoms with E-state index in [0.29, 0.717) is 17.3 Å². The van der Waals surface area contributed by atoms with Crippen molar-refractivity contribution in [3.8, 4) is 11.1 Å². The summed E-state index contributed by atoms with van der Waals surface area (Å²) in [5.41, 5.74) is 11.9. The average molecular weight is 681 g/mol. The third-order valence-corrected chi connectivity index (χ3v) is 7.98. The van der Waals surface area contributed by atoms with Gasteiger partial charge in [-0.15, -0.1) is 20.3 Å². The zero-order chi connectivity index (χ0) is 33.8. The van der Waals surface area contributed by atoms with Crippen molar-refractivity contribution >= 4 is 56.1 Å². The molecule has 1 saturated heterocycles. The number of amides is 2. The highest BCUT2D eigenvalue weighted by Gasteiger charge is 2.58. The lowest BCUT2D eigenvalue weighted by Gasteiger charge is -2.50. The van der Waals surface area contributed by atoms with E-state index in [2.05, 4.69) is 29.7 Å². The van der Waals surface area contributed by atoms with E-state index in [0.717, 1.165) is 35.4 Å². The van der Waals surface area contributed by atoms with E-state index in [1.807, 2.05) is 36.3 Å². The van der Waals surface area contributed by atoms with Gasteiger partial charge in [0.15, 0.2) is 17.9 Å². The summed E-state index contributed by atoms with van der Waals surface area (Å²) in [5.74, 6) is -3.36. The van der Waals surface area contributed by atoms with Crippen LogP contribution in [0.4, 0.5) is 10.8 Å². The number of carboxylic acids is 1. The Morgan fingerprint density at radius 2 is 1.96 bits per heavy atom. The Morgan fingerprint density at radius 3 is 2.52 bits per heavy atom. The van der Waals surface area contributed by atoms with Crippen molar-refractivity contribution in [3.05, 3.63) is 47.7 Å². The average Bonchev–Trinajstić information content (AvgIpc) is 3.59. The number of oxime groups is 1. The number of thiazole rings is 1. The highest BCUT2D eigenvalue weighted by molar-refractivity contribution is 7.80. The Labute approximate surface area is 267 Å². The molecule has 1 aliphatic rings. The zero-order valence-corrected chi connectivity index (χ0v) is 26.6. The predicted molar refractivity (Wildman–Crippen MR) is 164 cm³/mol. The van der Waals surface area contributed by atoms with Crippen LogP contribution in [0.15, 0.2) is 47.2 Å². The van der Waals surface area contributed by atoms with E-state index < -0.39 is 51.6 Å². The number of nitrogens with two attached hydrogens (primary N) is 2. The van der Waals surface area contributed by atoms with Gasteiger partial charge in [-0.3, -0.25) is 14.1 Å². The van der Waals surface area contributed by atoms with Crippen LogP contribution in [0.25, 0.3) is 11.1 Å². The van der Waals surface area contributed by atoms with E-state index in [-0.39, 0.29) is 17.4 Å². The van der Waals surface area contributed by atoms with E-state index in [4.69, 9.17) is 20.9 Å². The summed E-state index contributed by atoms with van der Waals surface area (Å²) in [5, 5.41) is 20.7. The van der Waals surface area contributed by atoms with Crippen LogP contribution in [0.5, 0.6) is 0 Å². The summed E-state index contributed by atoms with van der Waals surface area (Å²) in [4.78, 5) is 47.0. The zero-order valence-electron chi connectivity index (χ0n) is 25.0. The van der Waals surface area contributed by atoms with Gasteiger partial charge in [-0.1, -0.05) is 17.3 Å². The highest BCUT2D eigenvalue weighted by atomic mass is 32.3. The number of nitrogens with zero attached hydrogens (tertiary/aromatic N) is 5. The van der Waals surface area contributed by atoms with Gasteiger partial charge in [-0.05, 0) is 44.5 Å². The summed E-state index contributed by atoms with van der Waals surface area (Å²) in [6, 6.07) is 5.99. The largest absolute Gasteiger partial charge is 0.478 e. The van der Waals surface area contributed by atoms with Gasteiger partial charge < -0.3 is 32.0 Å². The molecule has 1 aromatic carbocycles. The highest BCUT2D eigenvalue weighted by Crippen LogP contribution is 2.33. The minimum atomic E-state index is -5.01. The van der Waals surface area contributed by atoms with Crippen molar-refractivity contribution in [2.24, 2.45) is 17.9 Å². The Morgan fingerprint density at radius 1 is 1.26 bits per heavy atom. The van der Waals surface area contributed by atoms with Crippen molar-refractivity contribution in [2.75, 3.05) is 24.1 Å². The second-order valence-electron chi connectivity index (χ2n) is 10.7. The Kier molecular flexibility index (Phi) is 10.3. The van der Waals surface area contributed by atoms with Crippen molar-refractivity contribution in [1.29, 1.82) is 0 Å². The molecule has 248 valence electrons.